The number of methoxy groups -OCH3 is 1. The van der Waals surface area contributed by atoms with Crippen LogP contribution in [0.1, 0.15) is 30.9 Å². The minimum atomic E-state index is -0.456. The number of nitrogens with zero attached hydrogens (tertiary/aromatic N) is 1. The second-order valence-corrected chi connectivity index (χ2v) is 8.28. The van der Waals surface area contributed by atoms with E-state index in [4.69, 9.17) is 9.47 Å². The molecular formula is C24H35N2O3+. The van der Waals surface area contributed by atoms with E-state index >= 15 is 0 Å². The molecule has 0 bridgehead atoms. The SMILES string of the molecule is COc1ccc(N2CC[NH+](C[C@H](O)COc3ccc(C(C)C)c(C)c3)CC2)cc1. The molecule has 5 heteroatoms. The van der Waals surface area contributed by atoms with Crippen molar-refractivity contribution in [3.05, 3.63) is 53.6 Å². The second kappa shape index (κ2) is 9.99. The van der Waals surface area contributed by atoms with Crippen molar-refractivity contribution >= 4 is 5.69 Å². The summed E-state index contributed by atoms with van der Waals surface area (Å²) in [7, 11) is 1.69. The molecule has 2 aromatic rings. The predicted octanol–water partition coefficient (Wildman–Crippen LogP) is 2.27. The van der Waals surface area contributed by atoms with E-state index in [2.05, 4.69) is 49.9 Å². The molecule has 1 fully saturated rings. The molecule has 3 rings (SSSR count). The lowest BCUT2D eigenvalue weighted by Gasteiger charge is -2.34. The van der Waals surface area contributed by atoms with Gasteiger partial charge in [0.1, 0.15) is 30.8 Å². The minimum Gasteiger partial charge on any atom is -0.497 e. The van der Waals surface area contributed by atoms with Crippen molar-refractivity contribution in [2.24, 2.45) is 0 Å². The maximum Gasteiger partial charge on any atom is 0.137 e. The number of hydrogen-bond donors (Lipinski definition) is 2. The maximum absolute atomic E-state index is 10.4. The number of aliphatic hydroxyl groups excluding tert-OH is 1. The van der Waals surface area contributed by atoms with E-state index < -0.39 is 6.10 Å². The van der Waals surface area contributed by atoms with Gasteiger partial charge in [0.15, 0.2) is 0 Å². The monoisotopic (exact) mass is 399 g/mol. The van der Waals surface area contributed by atoms with E-state index in [1.54, 1.807) is 7.11 Å². The van der Waals surface area contributed by atoms with Crippen LogP contribution in [0.2, 0.25) is 0 Å². The molecule has 158 valence electrons. The van der Waals surface area contributed by atoms with Crippen LogP contribution in [0.15, 0.2) is 42.5 Å². The first-order chi connectivity index (χ1) is 14.0. The van der Waals surface area contributed by atoms with Gasteiger partial charge in [-0.05, 0) is 60.4 Å². The van der Waals surface area contributed by atoms with E-state index in [-0.39, 0.29) is 0 Å². The Morgan fingerprint density at radius 3 is 2.28 bits per heavy atom. The molecule has 0 radical (unpaired) electrons. The molecule has 1 aliphatic rings. The fraction of sp³-hybridized carbons (Fsp3) is 0.500. The van der Waals surface area contributed by atoms with Crippen LogP contribution < -0.4 is 19.3 Å². The molecule has 0 aliphatic carbocycles. The minimum absolute atomic E-state index is 0.339. The van der Waals surface area contributed by atoms with E-state index in [1.165, 1.54) is 21.7 Å². The molecule has 1 heterocycles. The zero-order chi connectivity index (χ0) is 20.8. The highest BCUT2D eigenvalue weighted by Crippen LogP contribution is 2.23. The first-order valence-electron chi connectivity index (χ1n) is 10.6. The summed E-state index contributed by atoms with van der Waals surface area (Å²) >= 11 is 0. The van der Waals surface area contributed by atoms with Gasteiger partial charge in [0, 0.05) is 5.69 Å². The zero-order valence-corrected chi connectivity index (χ0v) is 18.1. The summed E-state index contributed by atoms with van der Waals surface area (Å²) in [4.78, 5) is 3.82. The van der Waals surface area contributed by atoms with E-state index in [0.29, 0.717) is 12.5 Å². The largest absolute Gasteiger partial charge is 0.497 e. The summed E-state index contributed by atoms with van der Waals surface area (Å²) in [5.41, 5.74) is 3.82. The highest BCUT2D eigenvalue weighted by Gasteiger charge is 2.23. The van der Waals surface area contributed by atoms with Crippen LogP contribution in [0.3, 0.4) is 0 Å². The van der Waals surface area contributed by atoms with Crippen LogP contribution in [0, 0.1) is 6.92 Å². The summed E-state index contributed by atoms with van der Waals surface area (Å²) in [5.74, 6) is 2.23. The number of piperazine rings is 1. The zero-order valence-electron chi connectivity index (χ0n) is 18.1. The third-order valence-corrected chi connectivity index (χ3v) is 5.74. The Hall–Kier alpha value is -2.24. The average molecular weight is 400 g/mol. The number of benzene rings is 2. The number of hydrogen-bond acceptors (Lipinski definition) is 4. The quantitative estimate of drug-likeness (QED) is 0.715. The van der Waals surface area contributed by atoms with Crippen LogP contribution >= 0.6 is 0 Å². The van der Waals surface area contributed by atoms with E-state index in [9.17, 15) is 5.11 Å². The van der Waals surface area contributed by atoms with Crippen LogP contribution in [-0.2, 0) is 0 Å². The van der Waals surface area contributed by atoms with Gasteiger partial charge in [-0.1, -0.05) is 19.9 Å². The third kappa shape index (κ3) is 5.87. The molecule has 5 nitrogen and oxygen atoms in total. The van der Waals surface area contributed by atoms with E-state index in [0.717, 1.165) is 44.2 Å². The molecule has 0 unspecified atom stereocenters. The van der Waals surface area contributed by atoms with Crippen molar-refractivity contribution < 1.29 is 19.5 Å². The van der Waals surface area contributed by atoms with Gasteiger partial charge >= 0.3 is 0 Å². The Labute approximate surface area is 174 Å². The maximum atomic E-state index is 10.4. The molecular weight excluding hydrogens is 364 g/mol. The summed E-state index contributed by atoms with van der Waals surface area (Å²) in [6, 6.07) is 14.4. The Morgan fingerprint density at radius 1 is 1.03 bits per heavy atom. The van der Waals surface area contributed by atoms with Crippen molar-refractivity contribution in [2.75, 3.05) is 51.3 Å². The Kier molecular flexibility index (Phi) is 7.40. The number of aliphatic hydroxyl groups is 1. The first-order valence-corrected chi connectivity index (χ1v) is 10.6. The molecule has 2 aromatic carbocycles. The highest BCUT2D eigenvalue weighted by atomic mass is 16.5. The number of anilines is 1. The number of quaternary nitrogens is 1. The lowest BCUT2D eigenvalue weighted by atomic mass is 9.98. The number of nitrogens with one attached hydrogen (secondary N) is 1. The number of aryl methyl sites for hydroxylation is 1. The molecule has 1 saturated heterocycles. The predicted molar refractivity (Wildman–Crippen MR) is 118 cm³/mol. The van der Waals surface area contributed by atoms with Crippen molar-refractivity contribution in [3.8, 4) is 11.5 Å². The van der Waals surface area contributed by atoms with Gasteiger partial charge in [0.2, 0.25) is 0 Å². The fourth-order valence-electron chi connectivity index (χ4n) is 4.05. The topological polar surface area (TPSA) is 46.4 Å². The number of rotatable bonds is 8. The van der Waals surface area contributed by atoms with Crippen molar-refractivity contribution in [2.45, 2.75) is 32.8 Å². The molecule has 1 atom stereocenters. The lowest BCUT2D eigenvalue weighted by molar-refractivity contribution is -0.903. The van der Waals surface area contributed by atoms with Crippen molar-refractivity contribution in [1.29, 1.82) is 0 Å². The standard InChI is InChI=1S/C24H34N2O3/c1-18(2)24-10-9-23(15-19(24)3)29-17-21(27)16-25-11-13-26(14-12-25)20-5-7-22(28-4)8-6-20/h5-10,15,18,21,27H,11-14,16-17H2,1-4H3/p+1/t21-/m0/s1. The van der Waals surface area contributed by atoms with Crippen LogP contribution in [0.5, 0.6) is 11.5 Å². The third-order valence-electron chi connectivity index (χ3n) is 5.74. The van der Waals surface area contributed by atoms with Crippen molar-refractivity contribution in [3.63, 3.8) is 0 Å². The Bertz CT molecular complexity index is 768. The lowest BCUT2D eigenvalue weighted by Crippen LogP contribution is -3.16. The second-order valence-electron chi connectivity index (χ2n) is 8.28. The van der Waals surface area contributed by atoms with Crippen molar-refractivity contribution in [1.82, 2.24) is 0 Å². The smallest absolute Gasteiger partial charge is 0.137 e. The molecule has 29 heavy (non-hydrogen) atoms. The molecule has 0 spiro atoms. The summed E-state index contributed by atoms with van der Waals surface area (Å²) in [6.07, 6.45) is -0.456. The Balaban J connectivity index is 1.42. The van der Waals surface area contributed by atoms with Gasteiger partial charge in [0.25, 0.3) is 0 Å². The van der Waals surface area contributed by atoms with Gasteiger partial charge in [-0.15, -0.1) is 0 Å². The first kappa shape index (κ1) is 21.5. The molecule has 0 aromatic heterocycles. The summed E-state index contributed by atoms with van der Waals surface area (Å²) in [5, 5.41) is 10.4. The van der Waals surface area contributed by atoms with Gasteiger partial charge in [0.05, 0.1) is 33.3 Å². The van der Waals surface area contributed by atoms with Gasteiger partial charge < -0.3 is 24.4 Å². The number of ether oxygens (including phenoxy) is 2. The van der Waals surface area contributed by atoms with E-state index in [1.807, 2.05) is 18.2 Å². The molecule has 0 saturated carbocycles. The molecule has 1 aliphatic heterocycles. The van der Waals surface area contributed by atoms with Crippen LogP contribution in [0.4, 0.5) is 5.69 Å². The molecule has 0 amide bonds. The summed E-state index contributed by atoms with van der Waals surface area (Å²) in [6.45, 7) is 11.6. The Morgan fingerprint density at radius 2 is 1.69 bits per heavy atom. The molecule has 2 N–H and O–H groups in total. The fourth-order valence-corrected chi connectivity index (χ4v) is 4.05. The van der Waals surface area contributed by atoms with Gasteiger partial charge in [-0.3, -0.25) is 0 Å². The van der Waals surface area contributed by atoms with Gasteiger partial charge in [-0.25, -0.2) is 0 Å². The summed E-state index contributed by atoms with van der Waals surface area (Å²) < 4.78 is 11.1. The highest BCUT2D eigenvalue weighted by molar-refractivity contribution is 5.49. The average Bonchev–Trinajstić information content (AvgIpc) is 2.73. The van der Waals surface area contributed by atoms with Crippen LogP contribution in [-0.4, -0.2) is 57.7 Å². The van der Waals surface area contributed by atoms with Crippen LogP contribution in [0.25, 0.3) is 0 Å². The van der Waals surface area contributed by atoms with Gasteiger partial charge in [-0.2, -0.15) is 0 Å². The normalized spacial score (nSPS) is 16.1.